The van der Waals surface area contributed by atoms with Gasteiger partial charge in [0.25, 0.3) is 5.56 Å². The number of nitrogens with zero attached hydrogens (tertiary/aromatic N) is 3. The Labute approximate surface area is 219 Å². The number of nitrogens with one attached hydrogen (secondary N) is 1. The zero-order valence-electron chi connectivity index (χ0n) is 21.7. The first-order valence-electron chi connectivity index (χ1n) is 12.1. The number of fused-ring (bicyclic) bond motifs is 2. The highest BCUT2D eigenvalue weighted by atomic mass is 16.5. The molecule has 5 aromatic rings. The van der Waals surface area contributed by atoms with Gasteiger partial charge in [-0.25, -0.2) is 9.78 Å². The van der Waals surface area contributed by atoms with Gasteiger partial charge >= 0.3 is 5.69 Å². The van der Waals surface area contributed by atoms with Crippen molar-refractivity contribution in [3.05, 3.63) is 92.6 Å². The molecule has 3 N–H and O–H groups in total. The molecule has 0 saturated carbocycles. The van der Waals surface area contributed by atoms with Gasteiger partial charge in [-0.1, -0.05) is 42.5 Å². The molecule has 0 aliphatic carbocycles. The van der Waals surface area contributed by atoms with E-state index in [4.69, 9.17) is 20.2 Å². The summed E-state index contributed by atoms with van der Waals surface area (Å²) in [5, 5.41) is 6.00. The van der Waals surface area contributed by atoms with E-state index < -0.39 is 11.2 Å². The summed E-state index contributed by atoms with van der Waals surface area (Å²) in [4.78, 5) is 31.0. The van der Waals surface area contributed by atoms with Crippen molar-refractivity contribution in [2.24, 2.45) is 19.8 Å². The lowest BCUT2D eigenvalue weighted by Gasteiger charge is -2.20. The summed E-state index contributed by atoms with van der Waals surface area (Å²) in [6.45, 7) is 0.583. The van der Waals surface area contributed by atoms with Crippen molar-refractivity contribution in [3.8, 4) is 22.6 Å². The second-order valence-corrected chi connectivity index (χ2v) is 9.03. The predicted octanol–water partition coefficient (Wildman–Crippen LogP) is 3.54. The Morgan fingerprint density at radius 3 is 2.34 bits per heavy atom. The Bertz CT molecular complexity index is 1810. The molecule has 0 bridgehead atoms. The molecule has 0 atom stereocenters. The van der Waals surface area contributed by atoms with Crippen molar-refractivity contribution in [1.82, 2.24) is 14.1 Å². The van der Waals surface area contributed by atoms with Crippen LogP contribution in [0.5, 0.6) is 11.5 Å². The average molecular weight is 512 g/mol. The maximum atomic E-state index is 13.4. The Morgan fingerprint density at radius 2 is 1.63 bits per heavy atom. The van der Waals surface area contributed by atoms with E-state index in [-0.39, 0.29) is 12.2 Å². The molecule has 9 heteroatoms. The highest BCUT2D eigenvalue weighted by Crippen LogP contribution is 2.38. The Kier molecular flexibility index (Phi) is 6.61. The van der Waals surface area contributed by atoms with Crippen LogP contribution in [-0.2, 0) is 27.2 Å². The third-order valence-electron chi connectivity index (χ3n) is 6.84. The predicted molar refractivity (Wildman–Crippen MR) is 150 cm³/mol. The van der Waals surface area contributed by atoms with Gasteiger partial charge in [0.2, 0.25) is 0 Å². The van der Waals surface area contributed by atoms with E-state index in [2.05, 4.69) is 35.6 Å². The molecule has 5 rings (SSSR count). The third kappa shape index (κ3) is 4.16. The highest BCUT2D eigenvalue weighted by Gasteiger charge is 2.22. The van der Waals surface area contributed by atoms with Crippen molar-refractivity contribution in [2.75, 3.05) is 19.5 Å². The van der Waals surface area contributed by atoms with Crippen molar-refractivity contribution < 1.29 is 9.47 Å². The summed E-state index contributed by atoms with van der Waals surface area (Å²) < 4.78 is 13.4. The van der Waals surface area contributed by atoms with Crippen molar-refractivity contribution in [2.45, 2.75) is 13.1 Å². The van der Waals surface area contributed by atoms with Crippen LogP contribution in [0.2, 0.25) is 0 Å². The summed E-state index contributed by atoms with van der Waals surface area (Å²) in [5.74, 6) is 1.56. The smallest absolute Gasteiger partial charge is 0.332 e. The minimum atomic E-state index is -0.464. The topological polar surface area (TPSA) is 113 Å². The first-order chi connectivity index (χ1) is 18.4. The van der Waals surface area contributed by atoms with Gasteiger partial charge in [-0.05, 0) is 40.1 Å². The van der Waals surface area contributed by atoms with Crippen molar-refractivity contribution in [1.29, 1.82) is 0 Å². The number of aryl methyl sites for hydroxylation is 1. The molecule has 0 radical (unpaired) electrons. The molecule has 0 unspecified atom stereocenters. The fourth-order valence-corrected chi connectivity index (χ4v) is 4.82. The zero-order valence-corrected chi connectivity index (χ0v) is 21.7. The van der Waals surface area contributed by atoms with Gasteiger partial charge in [-0.2, -0.15) is 0 Å². The number of ether oxygens (including phenoxy) is 2. The molecule has 0 aliphatic heterocycles. The molecule has 0 fully saturated rings. The number of nitrogens with two attached hydrogens (primary N) is 1. The maximum Gasteiger partial charge on any atom is 0.332 e. The van der Waals surface area contributed by atoms with Gasteiger partial charge in [-0.15, -0.1) is 0 Å². The minimum Gasteiger partial charge on any atom is -0.493 e. The number of methoxy groups -OCH3 is 2. The fraction of sp³-hybridized carbons (Fsp3) is 0.207. The molecule has 194 valence electrons. The number of anilines is 1. The van der Waals surface area contributed by atoms with Crippen LogP contribution in [0.1, 0.15) is 11.1 Å². The number of hydrogen-bond acceptors (Lipinski definition) is 7. The molecular formula is C29H29N5O4. The molecule has 0 aliphatic rings. The Hall–Kier alpha value is -4.63. The van der Waals surface area contributed by atoms with Crippen LogP contribution in [0.4, 0.5) is 5.82 Å². The minimum absolute atomic E-state index is 0.110. The molecule has 9 nitrogen and oxygen atoms in total. The number of rotatable bonds is 7. The molecule has 0 spiro atoms. The van der Waals surface area contributed by atoms with E-state index in [1.807, 2.05) is 18.2 Å². The van der Waals surface area contributed by atoms with Gasteiger partial charge in [0.1, 0.15) is 5.82 Å². The van der Waals surface area contributed by atoms with Crippen LogP contribution < -0.4 is 31.8 Å². The van der Waals surface area contributed by atoms with Crippen LogP contribution in [0.3, 0.4) is 0 Å². The molecule has 38 heavy (non-hydrogen) atoms. The second kappa shape index (κ2) is 10.0. The van der Waals surface area contributed by atoms with Crippen LogP contribution >= 0.6 is 0 Å². The molecule has 3 aromatic carbocycles. The lowest BCUT2D eigenvalue weighted by molar-refractivity contribution is 0.355. The Morgan fingerprint density at radius 1 is 0.895 bits per heavy atom. The average Bonchev–Trinajstić information content (AvgIpc) is 2.96. The quantitative estimate of drug-likeness (QED) is 0.344. The zero-order chi connectivity index (χ0) is 27.0. The standard InChI is InChI=1S/C29H29N5O4/c1-33-27-25(28(35)34(2)29(33)36)24(20-11-12-22(37-3)23(14-20)38-4)21(15-30)26(32-27)31-16-17-9-10-18-7-5-6-8-19(18)13-17/h5-14H,15-16,30H2,1-4H3,(H,31,32). The van der Waals surface area contributed by atoms with Gasteiger partial charge in [-0.3, -0.25) is 13.9 Å². The van der Waals surface area contributed by atoms with E-state index in [1.54, 1.807) is 33.4 Å². The normalized spacial score (nSPS) is 11.2. The summed E-state index contributed by atoms with van der Waals surface area (Å²) >= 11 is 0. The van der Waals surface area contributed by atoms with E-state index in [0.29, 0.717) is 45.9 Å². The number of pyridine rings is 1. The van der Waals surface area contributed by atoms with Gasteiger partial charge < -0.3 is 20.5 Å². The summed E-state index contributed by atoms with van der Waals surface area (Å²) in [7, 11) is 6.17. The van der Waals surface area contributed by atoms with Crippen molar-refractivity contribution in [3.63, 3.8) is 0 Å². The van der Waals surface area contributed by atoms with Crippen LogP contribution in [-0.4, -0.2) is 28.3 Å². The lowest BCUT2D eigenvalue weighted by atomic mass is 9.96. The largest absolute Gasteiger partial charge is 0.493 e. The fourth-order valence-electron chi connectivity index (χ4n) is 4.82. The first-order valence-corrected chi connectivity index (χ1v) is 12.1. The second-order valence-electron chi connectivity index (χ2n) is 9.03. The Balaban J connectivity index is 1.74. The van der Waals surface area contributed by atoms with Crippen LogP contribution in [0.25, 0.3) is 32.9 Å². The van der Waals surface area contributed by atoms with Crippen LogP contribution in [0, 0.1) is 0 Å². The SMILES string of the molecule is COc1ccc(-c2c(CN)c(NCc3ccc4ccccc4c3)nc3c2c(=O)n(C)c(=O)n3C)cc1OC. The van der Waals surface area contributed by atoms with E-state index >= 15 is 0 Å². The van der Waals surface area contributed by atoms with E-state index in [9.17, 15) is 9.59 Å². The molecule has 2 aromatic heterocycles. The molecule has 0 amide bonds. The molecule has 0 saturated heterocycles. The van der Waals surface area contributed by atoms with Crippen LogP contribution in [0.15, 0.2) is 70.3 Å². The van der Waals surface area contributed by atoms with Gasteiger partial charge in [0.05, 0.1) is 19.6 Å². The lowest BCUT2D eigenvalue weighted by Crippen LogP contribution is -2.38. The number of hydrogen-bond donors (Lipinski definition) is 2. The third-order valence-corrected chi connectivity index (χ3v) is 6.84. The maximum absolute atomic E-state index is 13.4. The van der Waals surface area contributed by atoms with Crippen molar-refractivity contribution >= 4 is 27.6 Å². The summed E-state index contributed by atoms with van der Waals surface area (Å²) in [6.07, 6.45) is 0. The summed E-state index contributed by atoms with van der Waals surface area (Å²) in [6, 6.07) is 19.8. The molecule has 2 heterocycles. The highest BCUT2D eigenvalue weighted by molar-refractivity contribution is 5.97. The molecular weight excluding hydrogens is 482 g/mol. The van der Waals surface area contributed by atoms with Gasteiger partial charge in [0, 0.05) is 38.3 Å². The first kappa shape index (κ1) is 25.0. The van der Waals surface area contributed by atoms with E-state index in [0.717, 1.165) is 20.9 Å². The monoisotopic (exact) mass is 511 g/mol. The number of benzene rings is 3. The van der Waals surface area contributed by atoms with Gasteiger partial charge in [0.15, 0.2) is 17.1 Å². The van der Waals surface area contributed by atoms with E-state index in [1.165, 1.54) is 11.6 Å². The summed E-state index contributed by atoms with van der Waals surface area (Å²) in [5.41, 5.74) is 8.64. The number of aromatic nitrogens is 3.